The molecule has 0 radical (unpaired) electrons. The lowest BCUT2D eigenvalue weighted by Gasteiger charge is -2.31. The SMILES string of the molecule is CCC(Nc1ccccc1C(N)=S)C1CCCCC1. The van der Waals surface area contributed by atoms with Gasteiger partial charge in [0.05, 0.1) is 0 Å². The Bertz CT molecular complexity index is 425. The van der Waals surface area contributed by atoms with Crippen LogP contribution in [0.1, 0.15) is 51.0 Å². The lowest BCUT2D eigenvalue weighted by atomic mass is 9.82. The van der Waals surface area contributed by atoms with E-state index in [2.05, 4.69) is 18.3 Å². The summed E-state index contributed by atoms with van der Waals surface area (Å²) in [6.45, 7) is 2.26. The molecule has 0 aromatic heterocycles. The van der Waals surface area contributed by atoms with E-state index in [1.165, 1.54) is 32.1 Å². The van der Waals surface area contributed by atoms with Gasteiger partial charge in [-0.3, -0.25) is 0 Å². The van der Waals surface area contributed by atoms with Gasteiger partial charge in [0, 0.05) is 17.3 Å². The van der Waals surface area contributed by atoms with Crippen molar-refractivity contribution in [3.05, 3.63) is 29.8 Å². The average molecular weight is 276 g/mol. The molecule has 1 unspecified atom stereocenters. The van der Waals surface area contributed by atoms with E-state index in [9.17, 15) is 0 Å². The molecule has 3 N–H and O–H groups in total. The molecule has 0 saturated heterocycles. The van der Waals surface area contributed by atoms with E-state index < -0.39 is 0 Å². The summed E-state index contributed by atoms with van der Waals surface area (Å²) in [7, 11) is 0. The Morgan fingerprint density at radius 3 is 2.63 bits per heavy atom. The van der Waals surface area contributed by atoms with E-state index in [1.807, 2.05) is 18.2 Å². The minimum Gasteiger partial charge on any atom is -0.389 e. The highest BCUT2D eigenvalue weighted by Crippen LogP contribution is 2.30. The van der Waals surface area contributed by atoms with Gasteiger partial charge in [0.1, 0.15) is 4.99 Å². The topological polar surface area (TPSA) is 38.0 Å². The van der Waals surface area contributed by atoms with Crippen molar-refractivity contribution >= 4 is 22.9 Å². The van der Waals surface area contributed by atoms with E-state index in [1.54, 1.807) is 0 Å². The predicted octanol–water partition coefficient (Wildman–Crippen LogP) is 4.09. The average Bonchev–Trinajstić information content (AvgIpc) is 2.46. The molecule has 0 amide bonds. The van der Waals surface area contributed by atoms with E-state index in [4.69, 9.17) is 18.0 Å². The second kappa shape index (κ2) is 6.90. The van der Waals surface area contributed by atoms with Gasteiger partial charge in [0.25, 0.3) is 0 Å². The number of nitrogens with one attached hydrogen (secondary N) is 1. The number of benzene rings is 1. The maximum absolute atomic E-state index is 5.80. The van der Waals surface area contributed by atoms with Crippen LogP contribution in [0.15, 0.2) is 24.3 Å². The van der Waals surface area contributed by atoms with E-state index >= 15 is 0 Å². The van der Waals surface area contributed by atoms with Gasteiger partial charge in [0.2, 0.25) is 0 Å². The van der Waals surface area contributed by atoms with Crippen LogP contribution >= 0.6 is 12.2 Å². The first-order valence-corrected chi connectivity index (χ1v) is 7.78. The van der Waals surface area contributed by atoms with Crippen molar-refractivity contribution in [1.29, 1.82) is 0 Å². The van der Waals surface area contributed by atoms with Crippen LogP contribution in [-0.2, 0) is 0 Å². The van der Waals surface area contributed by atoms with Crippen LogP contribution in [0.25, 0.3) is 0 Å². The van der Waals surface area contributed by atoms with Crippen LogP contribution in [-0.4, -0.2) is 11.0 Å². The van der Waals surface area contributed by atoms with Crippen molar-refractivity contribution in [3.8, 4) is 0 Å². The molecule has 1 aliphatic carbocycles. The third kappa shape index (κ3) is 3.69. The Morgan fingerprint density at radius 2 is 2.00 bits per heavy atom. The fourth-order valence-electron chi connectivity index (χ4n) is 3.11. The number of hydrogen-bond donors (Lipinski definition) is 2. The largest absolute Gasteiger partial charge is 0.389 e. The molecule has 0 bridgehead atoms. The molecule has 2 nitrogen and oxygen atoms in total. The molecule has 0 heterocycles. The number of nitrogens with two attached hydrogens (primary N) is 1. The number of anilines is 1. The molecular formula is C16H24N2S. The molecule has 0 aliphatic heterocycles. The molecule has 0 spiro atoms. The van der Waals surface area contributed by atoms with Gasteiger partial charge in [-0.05, 0) is 37.3 Å². The van der Waals surface area contributed by atoms with Crippen molar-refractivity contribution in [1.82, 2.24) is 0 Å². The van der Waals surface area contributed by atoms with Gasteiger partial charge in [-0.2, -0.15) is 0 Å². The van der Waals surface area contributed by atoms with Gasteiger partial charge < -0.3 is 11.1 Å². The maximum Gasteiger partial charge on any atom is 0.106 e. The van der Waals surface area contributed by atoms with Gasteiger partial charge in [0.15, 0.2) is 0 Å². The smallest absolute Gasteiger partial charge is 0.106 e. The Kier molecular flexibility index (Phi) is 5.20. The summed E-state index contributed by atoms with van der Waals surface area (Å²) >= 11 is 5.13. The molecule has 1 aliphatic rings. The van der Waals surface area contributed by atoms with E-state index in [-0.39, 0.29) is 0 Å². The molecular weight excluding hydrogens is 252 g/mol. The number of rotatable bonds is 5. The monoisotopic (exact) mass is 276 g/mol. The third-order valence-electron chi connectivity index (χ3n) is 4.19. The molecule has 104 valence electrons. The van der Waals surface area contributed by atoms with Gasteiger partial charge in [-0.25, -0.2) is 0 Å². The van der Waals surface area contributed by atoms with Crippen LogP contribution in [0.2, 0.25) is 0 Å². The maximum atomic E-state index is 5.80. The second-order valence-electron chi connectivity index (χ2n) is 5.47. The standard InChI is InChI=1S/C16H24N2S/c1-2-14(12-8-4-3-5-9-12)18-15-11-7-6-10-13(15)16(17)19/h6-7,10-12,14,18H,2-5,8-9H2,1H3,(H2,17,19). The normalized spacial score (nSPS) is 17.9. The van der Waals surface area contributed by atoms with Gasteiger partial charge >= 0.3 is 0 Å². The summed E-state index contributed by atoms with van der Waals surface area (Å²) in [4.78, 5) is 0.474. The summed E-state index contributed by atoms with van der Waals surface area (Å²) < 4.78 is 0. The zero-order valence-corrected chi connectivity index (χ0v) is 12.5. The molecule has 1 atom stereocenters. The van der Waals surface area contributed by atoms with Crippen LogP contribution in [0.3, 0.4) is 0 Å². The molecule has 1 aromatic carbocycles. The first kappa shape index (κ1) is 14.3. The molecule has 1 aromatic rings. The lowest BCUT2D eigenvalue weighted by molar-refractivity contribution is 0.313. The Morgan fingerprint density at radius 1 is 1.32 bits per heavy atom. The zero-order chi connectivity index (χ0) is 13.7. The van der Waals surface area contributed by atoms with E-state index in [0.29, 0.717) is 11.0 Å². The highest BCUT2D eigenvalue weighted by molar-refractivity contribution is 7.80. The minimum absolute atomic E-state index is 0.474. The van der Waals surface area contributed by atoms with Crippen molar-refractivity contribution < 1.29 is 0 Å². The highest BCUT2D eigenvalue weighted by Gasteiger charge is 2.22. The fourth-order valence-corrected chi connectivity index (χ4v) is 3.29. The van der Waals surface area contributed by atoms with E-state index in [0.717, 1.165) is 23.6 Å². The van der Waals surface area contributed by atoms with Crippen LogP contribution in [0.4, 0.5) is 5.69 Å². The summed E-state index contributed by atoms with van der Waals surface area (Å²) in [6.07, 6.45) is 7.99. The van der Waals surface area contributed by atoms with Crippen LogP contribution < -0.4 is 11.1 Å². The Balaban J connectivity index is 2.11. The highest BCUT2D eigenvalue weighted by atomic mass is 32.1. The summed E-state index contributed by atoms with van der Waals surface area (Å²) in [6, 6.07) is 8.65. The molecule has 2 rings (SSSR count). The molecule has 1 saturated carbocycles. The number of para-hydroxylation sites is 1. The molecule has 3 heteroatoms. The minimum atomic E-state index is 0.474. The first-order valence-electron chi connectivity index (χ1n) is 7.37. The van der Waals surface area contributed by atoms with Crippen molar-refractivity contribution in [2.24, 2.45) is 11.7 Å². The van der Waals surface area contributed by atoms with Gasteiger partial charge in [-0.15, -0.1) is 0 Å². The lowest BCUT2D eigenvalue weighted by Crippen LogP contribution is -2.31. The third-order valence-corrected chi connectivity index (χ3v) is 4.41. The summed E-state index contributed by atoms with van der Waals surface area (Å²) in [5.74, 6) is 0.790. The van der Waals surface area contributed by atoms with Gasteiger partial charge in [-0.1, -0.05) is 50.5 Å². The second-order valence-corrected chi connectivity index (χ2v) is 5.91. The predicted molar refractivity (Wildman–Crippen MR) is 86.6 cm³/mol. The Labute approximate surface area is 121 Å². The fraction of sp³-hybridized carbons (Fsp3) is 0.562. The number of hydrogen-bond acceptors (Lipinski definition) is 2. The van der Waals surface area contributed by atoms with Crippen molar-refractivity contribution in [2.75, 3.05) is 5.32 Å². The summed E-state index contributed by atoms with van der Waals surface area (Å²) in [5.41, 5.74) is 7.86. The zero-order valence-electron chi connectivity index (χ0n) is 11.7. The van der Waals surface area contributed by atoms with Crippen LogP contribution in [0, 0.1) is 5.92 Å². The molecule has 1 fully saturated rings. The summed E-state index contributed by atoms with van der Waals surface area (Å²) in [5, 5.41) is 3.68. The van der Waals surface area contributed by atoms with Crippen LogP contribution in [0.5, 0.6) is 0 Å². The first-order chi connectivity index (χ1) is 9.22. The number of thiocarbonyl (C=S) groups is 1. The quantitative estimate of drug-likeness (QED) is 0.795. The van der Waals surface area contributed by atoms with Crippen molar-refractivity contribution in [3.63, 3.8) is 0 Å². The van der Waals surface area contributed by atoms with Crippen molar-refractivity contribution in [2.45, 2.75) is 51.5 Å². The Hall–Kier alpha value is -1.09. The molecule has 19 heavy (non-hydrogen) atoms.